The molecule has 0 spiro atoms. The second-order valence-corrected chi connectivity index (χ2v) is 8.26. The van der Waals surface area contributed by atoms with E-state index in [-0.39, 0.29) is 17.7 Å². The van der Waals surface area contributed by atoms with Crippen molar-refractivity contribution in [2.75, 3.05) is 26.2 Å². The average molecular weight is 393 g/mol. The number of amides is 2. The fourth-order valence-electron chi connectivity index (χ4n) is 3.89. The molecule has 2 saturated heterocycles. The van der Waals surface area contributed by atoms with Crippen LogP contribution in [0.2, 0.25) is 5.02 Å². The Morgan fingerprint density at radius 3 is 2.33 bits per heavy atom. The largest absolute Gasteiger partial charge is 0.481 e. The van der Waals surface area contributed by atoms with Gasteiger partial charge in [-0.1, -0.05) is 24.6 Å². The van der Waals surface area contributed by atoms with Crippen LogP contribution in [0.25, 0.3) is 0 Å². The Bertz CT molecular complexity index is 665. The molecular weight excluding hydrogens is 364 g/mol. The van der Waals surface area contributed by atoms with E-state index in [1.54, 1.807) is 31.2 Å². The number of rotatable bonds is 4. The number of benzene rings is 1. The Morgan fingerprint density at radius 2 is 1.70 bits per heavy atom. The Labute approximate surface area is 166 Å². The third-order valence-corrected chi connectivity index (χ3v) is 5.94. The lowest BCUT2D eigenvalue weighted by Crippen LogP contribution is -2.48. The number of piperidine rings is 2. The van der Waals surface area contributed by atoms with Crippen LogP contribution in [0, 0.1) is 11.8 Å². The van der Waals surface area contributed by atoms with Crippen molar-refractivity contribution >= 4 is 23.4 Å². The molecule has 2 aliphatic rings. The number of nitrogens with zero attached hydrogens (tertiary/aromatic N) is 2. The number of likely N-dealkylation sites (tertiary alicyclic amines) is 2. The van der Waals surface area contributed by atoms with E-state index in [1.807, 2.05) is 9.80 Å². The van der Waals surface area contributed by atoms with Crippen molar-refractivity contribution in [1.82, 2.24) is 9.80 Å². The van der Waals surface area contributed by atoms with Gasteiger partial charge in [-0.3, -0.25) is 9.59 Å². The molecule has 0 bridgehead atoms. The maximum atomic E-state index is 12.7. The summed E-state index contributed by atoms with van der Waals surface area (Å²) in [5.41, 5.74) is 0. The van der Waals surface area contributed by atoms with Gasteiger partial charge < -0.3 is 14.5 Å². The van der Waals surface area contributed by atoms with Crippen LogP contribution >= 0.6 is 11.6 Å². The molecule has 1 unspecified atom stereocenters. The van der Waals surface area contributed by atoms with Gasteiger partial charge in [-0.15, -0.1) is 0 Å². The van der Waals surface area contributed by atoms with Crippen molar-refractivity contribution in [2.45, 2.75) is 45.6 Å². The maximum absolute atomic E-state index is 12.7. The quantitative estimate of drug-likeness (QED) is 0.786. The standard InChI is InChI=1S/C21H29ClN2O3/c1-15-6-10-24(11-7-15)21(26)17-8-12-23(13-9-17)20(25)16(2)27-19-5-3-4-18(22)14-19/h3-5,14-17H,6-13H2,1-2H3. The molecule has 27 heavy (non-hydrogen) atoms. The molecule has 0 radical (unpaired) electrons. The third-order valence-electron chi connectivity index (χ3n) is 5.71. The van der Waals surface area contributed by atoms with E-state index in [2.05, 4.69) is 6.92 Å². The highest BCUT2D eigenvalue weighted by Gasteiger charge is 2.33. The zero-order valence-corrected chi connectivity index (χ0v) is 17.0. The maximum Gasteiger partial charge on any atom is 0.263 e. The summed E-state index contributed by atoms with van der Waals surface area (Å²) in [5.74, 6) is 1.60. The summed E-state index contributed by atoms with van der Waals surface area (Å²) >= 11 is 5.96. The lowest BCUT2D eigenvalue weighted by Gasteiger charge is -2.37. The van der Waals surface area contributed by atoms with Crippen molar-refractivity contribution < 1.29 is 14.3 Å². The van der Waals surface area contributed by atoms with E-state index in [1.165, 1.54) is 0 Å². The van der Waals surface area contributed by atoms with Gasteiger partial charge in [0.25, 0.3) is 5.91 Å². The van der Waals surface area contributed by atoms with Crippen molar-refractivity contribution in [3.8, 4) is 5.75 Å². The first-order valence-electron chi connectivity index (χ1n) is 9.94. The second kappa shape index (κ2) is 8.96. The lowest BCUT2D eigenvalue weighted by molar-refractivity contribution is -0.144. The van der Waals surface area contributed by atoms with Crippen molar-refractivity contribution in [2.24, 2.45) is 11.8 Å². The molecule has 0 saturated carbocycles. The molecule has 1 atom stereocenters. The molecule has 0 aliphatic carbocycles. The van der Waals surface area contributed by atoms with Crippen LogP contribution in [-0.4, -0.2) is 53.9 Å². The monoisotopic (exact) mass is 392 g/mol. The molecule has 2 fully saturated rings. The molecule has 0 aromatic heterocycles. The van der Waals surface area contributed by atoms with E-state index in [4.69, 9.17) is 16.3 Å². The van der Waals surface area contributed by atoms with E-state index >= 15 is 0 Å². The minimum absolute atomic E-state index is 0.0346. The van der Waals surface area contributed by atoms with Crippen LogP contribution in [0.4, 0.5) is 0 Å². The predicted molar refractivity (Wildman–Crippen MR) is 106 cm³/mol. The van der Waals surface area contributed by atoms with E-state index in [0.29, 0.717) is 23.9 Å². The van der Waals surface area contributed by atoms with Gasteiger partial charge in [-0.05, 0) is 56.7 Å². The van der Waals surface area contributed by atoms with Gasteiger partial charge in [-0.25, -0.2) is 0 Å². The summed E-state index contributed by atoms with van der Waals surface area (Å²) in [5, 5.41) is 0.582. The molecule has 2 heterocycles. The molecule has 1 aromatic rings. The van der Waals surface area contributed by atoms with Crippen LogP contribution in [0.1, 0.15) is 39.5 Å². The highest BCUT2D eigenvalue weighted by Crippen LogP contribution is 2.25. The summed E-state index contributed by atoms with van der Waals surface area (Å²) in [4.78, 5) is 29.2. The number of hydrogen-bond acceptors (Lipinski definition) is 3. The molecule has 2 aliphatic heterocycles. The smallest absolute Gasteiger partial charge is 0.263 e. The van der Waals surface area contributed by atoms with Gasteiger partial charge in [0.15, 0.2) is 6.10 Å². The average Bonchev–Trinajstić information content (AvgIpc) is 2.67. The molecule has 1 aromatic carbocycles. The number of ether oxygens (including phenoxy) is 1. The van der Waals surface area contributed by atoms with Gasteiger partial charge >= 0.3 is 0 Å². The van der Waals surface area contributed by atoms with Crippen molar-refractivity contribution in [3.05, 3.63) is 29.3 Å². The SMILES string of the molecule is CC1CCN(C(=O)C2CCN(C(=O)C(C)Oc3cccc(Cl)c3)CC2)CC1. The molecule has 5 nitrogen and oxygen atoms in total. The number of halogens is 1. The fraction of sp³-hybridized carbons (Fsp3) is 0.619. The van der Waals surface area contributed by atoms with Gasteiger partial charge in [0.1, 0.15) is 5.75 Å². The number of hydrogen-bond donors (Lipinski definition) is 0. The Hall–Kier alpha value is -1.75. The van der Waals surface area contributed by atoms with Crippen LogP contribution < -0.4 is 4.74 Å². The molecule has 0 N–H and O–H groups in total. The van der Waals surface area contributed by atoms with Gasteiger partial charge in [0, 0.05) is 37.1 Å². The van der Waals surface area contributed by atoms with E-state index in [0.717, 1.165) is 44.7 Å². The summed E-state index contributed by atoms with van der Waals surface area (Å²) in [6.45, 7) is 6.99. The molecule has 6 heteroatoms. The first-order chi connectivity index (χ1) is 12.9. The molecule has 2 amide bonds. The fourth-order valence-corrected chi connectivity index (χ4v) is 4.07. The molecule has 148 valence electrons. The zero-order valence-electron chi connectivity index (χ0n) is 16.2. The van der Waals surface area contributed by atoms with Crippen LogP contribution in [0.3, 0.4) is 0 Å². The first-order valence-corrected chi connectivity index (χ1v) is 10.3. The first kappa shape index (κ1) is 20.0. The molecular formula is C21H29ClN2O3. The van der Waals surface area contributed by atoms with Crippen LogP contribution in [0.15, 0.2) is 24.3 Å². The Kier molecular flexibility index (Phi) is 6.64. The Morgan fingerprint density at radius 1 is 1.07 bits per heavy atom. The van der Waals surface area contributed by atoms with Crippen molar-refractivity contribution in [3.63, 3.8) is 0 Å². The summed E-state index contributed by atoms with van der Waals surface area (Å²) < 4.78 is 5.74. The lowest BCUT2D eigenvalue weighted by atomic mass is 9.92. The Balaban J connectivity index is 1.48. The second-order valence-electron chi connectivity index (χ2n) is 7.82. The minimum Gasteiger partial charge on any atom is -0.481 e. The normalized spacial score (nSPS) is 20.4. The van der Waals surface area contributed by atoms with Crippen molar-refractivity contribution in [1.29, 1.82) is 0 Å². The van der Waals surface area contributed by atoms with Crippen LogP contribution in [0.5, 0.6) is 5.75 Å². The van der Waals surface area contributed by atoms with Gasteiger partial charge in [0.05, 0.1) is 0 Å². The molecule has 3 rings (SSSR count). The third kappa shape index (κ3) is 5.16. The predicted octanol–water partition coefficient (Wildman–Crippen LogP) is 3.60. The highest BCUT2D eigenvalue weighted by atomic mass is 35.5. The summed E-state index contributed by atoms with van der Waals surface area (Å²) in [7, 11) is 0. The zero-order chi connectivity index (χ0) is 19.4. The van der Waals surface area contributed by atoms with E-state index < -0.39 is 6.10 Å². The van der Waals surface area contributed by atoms with E-state index in [9.17, 15) is 9.59 Å². The van der Waals surface area contributed by atoms with Gasteiger partial charge in [0.2, 0.25) is 5.91 Å². The van der Waals surface area contributed by atoms with Crippen LogP contribution in [-0.2, 0) is 9.59 Å². The van der Waals surface area contributed by atoms with Gasteiger partial charge in [-0.2, -0.15) is 0 Å². The topological polar surface area (TPSA) is 49.9 Å². The number of carbonyl (C=O) groups excluding carboxylic acids is 2. The number of carbonyl (C=O) groups is 2. The summed E-state index contributed by atoms with van der Waals surface area (Å²) in [6, 6.07) is 7.06. The highest BCUT2D eigenvalue weighted by molar-refractivity contribution is 6.30. The minimum atomic E-state index is -0.570. The summed E-state index contributed by atoms with van der Waals surface area (Å²) in [6.07, 6.45) is 3.10.